The summed E-state index contributed by atoms with van der Waals surface area (Å²) in [5, 5.41) is 8.83. The van der Waals surface area contributed by atoms with Crippen LogP contribution >= 0.6 is 12.4 Å². The van der Waals surface area contributed by atoms with Gasteiger partial charge in [-0.2, -0.15) is 5.10 Å². The zero-order valence-corrected chi connectivity index (χ0v) is 14.5. The molecule has 0 saturated carbocycles. The molecule has 3 heterocycles. The van der Waals surface area contributed by atoms with E-state index in [-0.39, 0.29) is 18.3 Å². The molecule has 0 radical (unpaired) electrons. The van der Waals surface area contributed by atoms with Crippen molar-refractivity contribution >= 4 is 29.2 Å². The highest BCUT2D eigenvalue weighted by Gasteiger charge is 2.31. The summed E-state index contributed by atoms with van der Waals surface area (Å²) in [6, 6.07) is 8.55. The zero-order valence-electron chi connectivity index (χ0n) is 13.7. The lowest BCUT2D eigenvalue weighted by molar-refractivity contribution is -0.131. The van der Waals surface area contributed by atoms with Gasteiger partial charge in [0.2, 0.25) is 5.91 Å². The molecule has 7 heteroatoms. The number of halogens is 1. The van der Waals surface area contributed by atoms with E-state index < -0.39 is 0 Å². The number of nitrogens with zero attached hydrogens (tertiary/aromatic N) is 4. The molecule has 4 rings (SSSR count). The molecule has 2 fully saturated rings. The minimum atomic E-state index is 0. The average Bonchev–Trinajstić information content (AvgIpc) is 3.24. The minimum absolute atomic E-state index is 0. The number of likely N-dealkylation sites (tertiary alicyclic amines) is 1. The smallest absolute Gasteiger partial charge is 0.244 e. The van der Waals surface area contributed by atoms with Gasteiger partial charge in [0.25, 0.3) is 0 Å². The molecule has 1 aromatic heterocycles. The number of hydrogen-bond donors (Lipinski definition) is 1. The van der Waals surface area contributed by atoms with Crippen molar-refractivity contribution in [2.75, 3.05) is 39.3 Å². The first-order valence-electron chi connectivity index (χ1n) is 8.44. The predicted molar refractivity (Wildman–Crippen MR) is 96.4 cm³/mol. The molecule has 2 aliphatic heterocycles. The van der Waals surface area contributed by atoms with Crippen LogP contribution in [0, 0.1) is 0 Å². The number of fused-ring (bicyclic) bond motifs is 1. The van der Waals surface area contributed by atoms with Gasteiger partial charge in [-0.25, -0.2) is 0 Å². The number of piperazine rings is 1. The van der Waals surface area contributed by atoms with E-state index in [0.717, 1.165) is 56.6 Å². The fraction of sp³-hybridized carbons (Fsp3) is 0.529. The monoisotopic (exact) mass is 349 g/mol. The van der Waals surface area contributed by atoms with Crippen molar-refractivity contribution in [3.8, 4) is 0 Å². The van der Waals surface area contributed by atoms with Crippen molar-refractivity contribution in [2.24, 2.45) is 0 Å². The van der Waals surface area contributed by atoms with Crippen molar-refractivity contribution in [1.82, 2.24) is 24.9 Å². The van der Waals surface area contributed by atoms with E-state index in [4.69, 9.17) is 0 Å². The van der Waals surface area contributed by atoms with E-state index in [1.165, 1.54) is 0 Å². The van der Waals surface area contributed by atoms with E-state index in [1.807, 2.05) is 40.0 Å². The lowest BCUT2D eigenvalue weighted by Gasteiger charge is -2.32. The Morgan fingerprint density at radius 3 is 2.83 bits per heavy atom. The van der Waals surface area contributed by atoms with Crippen LogP contribution in [-0.2, 0) is 11.3 Å². The maximum atomic E-state index is 12.6. The van der Waals surface area contributed by atoms with Crippen LogP contribution in [0.1, 0.15) is 6.42 Å². The third kappa shape index (κ3) is 3.41. The fourth-order valence-electron chi connectivity index (χ4n) is 3.69. The van der Waals surface area contributed by atoms with E-state index in [0.29, 0.717) is 12.6 Å². The predicted octanol–water partition coefficient (Wildman–Crippen LogP) is 0.964. The molecule has 2 aromatic rings. The summed E-state index contributed by atoms with van der Waals surface area (Å²) < 4.78 is 1.82. The van der Waals surface area contributed by atoms with Crippen molar-refractivity contribution in [1.29, 1.82) is 0 Å². The summed E-state index contributed by atoms with van der Waals surface area (Å²) in [7, 11) is 0. The molecule has 1 atom stereocenters. The molecule has 1 unspecified atom stereocenters. The molecule has 24 heavy (non-hydrogen) atoms. The van der Waals surface area contributed by atoms with Crippen molar-refractivity contribution in [3.05, 3.63) is 30.5 Å². The van der Waals surface area contributed by atoms with Gasteiger partial charge in [0.1, 0.15) is 6.54 Å². The Bertz CT molecular complexity index is 697. The Morgan fingerprint density at radius 2 is 2.00 bits per heavy atom. The lowest BCUT2D eigenvalue weighted by Crippen LogP contribution is -2.49. The first kappa shape index (κ1) is 17.2. The van der Waals surface area contributed by atoms with Crippen LogP contribution in [0.4, 0.5) is 0 Å². The third-order valence-corrected chi connectivity index (χ3v) is 5.02. The first-order chi connectivity index (χ1) is 11.3. The molecule has 1 N–H and O–H groups in total. The summed E-state index contributed by atoms with van der Waals surface area (Å²) in [5.41, 5.74) is 1.03. The Balaban J connectivity index is 0.00000169. The maximum absolute atomic E-state index is 12.6. The van der Waals surface area contributed by atoms with E-state index in [2.05, 4.69) is 15.3 Å². The van der Waals surface area contributed by atoms with Gasteiger partial charge in [0.05, 0.1) is 11.7 Å². The third-order valence-electron chi connectivity index (χ3n) is 5.02. The number of rotatable bonds is 3. The van der Waals surface area contributed by atoms with Crippen LogP contribution in [0.2, 0.25) is 0 Å². The van der Waals surface area contributed by atoms with Crippen LogP contribution in [0.5, 0.6) is 0 Å². The molecule has 0 spiro atoms. The molecule has 6 nitrogen and oxygen atoms in total. The van der Waals surface area contributed by atoms with Gasteiger partial charge in [-0.15, -0.1) is 12.4 Å². The molecule has 1 amide bonds. The number of carbonyl (C=O) groups is 1. The van der Waals surface area contributed by atoms with E-state index in [1.54, 1.807) is 0 Å². The quantitative estimate of drug-likeness (QED) is 0.897. The van der Waals surface area contributed by atoms with Crippen LogP contribution < -0.4 is 5.32 Å². The lowest BCUT2D eigenvalue weighted by atomic mass is 10.2. The number of hydrogen-bond acceptors (Lipinski definition) is 4. The standard InChI is InChI=1S/C17H23N5O.ClH/c23-17(13-22-16-4-2-1-3-14(16)11-19-22)21-8-5-15(12-21)20-9-6-18-7-10-20;/h1-4,11,15,18H,5-10,12-13H2;1H. The molecular formula is C17H24ClN5O. The molecule has 0 aliphatic carbocycles. The number of nitrogens with one attached hydrogen (secondary N) is 1. The van der Waals surface area contributed by atoms with Gasteiger partial charge >= 0.3 is 0 Å². The van der Waals surface area contributed by atoms with Crippen LogP contribution in [0.25, 0.3) is 10.9 Å². The Labute approximate surface area is 148 Å². The second-order valence-corrected chi connectivity index (χ2v) is 6.43. The second-order valence-electron chi connectivity index (χ2n) is 6.43. The SMILES string of the molecule is Cl.O=C(Cn1ncc2ccccc21)N1CCC(N2CCNCC2)C1. The summed E-state index contributed by atoms with van der Waals surface area (Å²) in [6.45, 7) is 6.37. The highest BCUT2D eigenvalue weighted by Crippen LogP contribution is 2.18. The molecule has 1 aromatic carbocycles. The molecule has 0 bridgehead atoms. The highest BCUT2D eigenvalue weighted by molar-refractivity contribution is 5.85. The Hall–Kier alpha value is -1.63. The topological polar surface area (TPSA) is 53.4 Å². The van der Waals surface area contributed by atoms with Gasteiger partial charge < -0.3 is 10.2 Å². The molecule has 130 valence electrons. The molecular weight excluding hydrogens is 326 g/mol. The summed E-state index contributed by atoms with van der Waals surface area (Å²) in [5.74, 6) is 0.177. The Morgan fingerprint density at radius 1 is 1.21 bits per heavy atom. The Kier molecular flexibility index (Phi) is 5.38. The van der Waals surface area contributed by atoms with Gasteiger partial charge in [-0.3, -0.25) is 14.4 Å². The van der Waals surface area contributed by atoms with Crippen molar-refractivity contribution in [2.45, 2.75) is 19.0 Å². The first-order valence-corrected chi connectivity index (χ1v) is 8.44. The fourth-order valence-corrected chi connectivity index (χ4v) is 3.69. The number of benzene rings is 1. The molecule has 2 aliphatic rings. The number of carbonyl (C=O) groups excluding carboxylic acids is 1. The van der Waals surface area contributed by atoms with Crippen LogP contribution in [-0.4, -0.2) is 70.8 Å². The van der Waals surface area contributed by atoms with Gasteiger partial charge in [0, 0.05) is 50.7 Å². The zero-order chi connectivity index (χ0) is 15.6. The summed E-state index contributed by atoms with van der Waals surface area (Å²) in [4.78, 5) is 17.1. The maximum Gasteiger partial charge on any atom is 0.244 e. The molecule has 2 saturated heterocycles. The number of para-hydroxylation sites is 1. The largest absolute Gasteiger partial charge is 0.339 e. The van der Waals surface area contributed by atoms with E-state index >= 15 is 0 Å². The second kappa shape index (κ2) is 7.51. The highest BCUT2D eigenvalue weighted by atomic mass is 35.5. The number of aromatic nitrogens is 2. The van der Waals surface area contributed by atoms with Gasteiger partial charge in [0.15, 0.2) is 0 Å². The van der Waals surface area contributed by atoms with Gasteiger partial charge in [-0.1, -0.05) is 18.2 Å². The van der Waals surface area contributed by atoms with E-state index in [9.17, 15) is 4.79 Å². The van der Waals surface area contributed by atoms with Gasteiger partial charge in [-0.05, 0) is 12.5 Å². The van der Waals surface area contributed by atoms with Crippen molar-refractivity contribution in [3.63, 3.8) is 0 Å². The normalized spacial score (nSPS) is 21.8. The average molecular weight is 350 g/mol. The number of amides is 1. The van der Waals surface area contributed by atoms with Crippen LogP contribution in [0.3, 0.4) is 0 Å². The summed E-state index contributed by atoms with van der Waals surface area (Å²) in [6.07, 6.45) is 2.92. The summed E-state index contributed by atoms with van der Waals surface area (Å²) >= 11 is 0. The van der Waals surface area contributed by atoms with Crippen molar-refractivity contribution < 1.29 is 4.79 Å². The minimum Gasteiger partial charge on any atom is -0.339 e. The van der Waals surface area contributed by atoms with Crippen LogP contribution in [0.15, 0.2) is 30.5 Å².